The van der Waals surface area contributed by atoms with Crippen LogP contribution >= 0.6 is 0 Å². The number of nitrogens with zero attached hydrogens (tertiary/aromatic N) is 1. The molecule has 0 heterocycles. The Morgan fingerprint density at radius 3 is 2.25 bits per heavy atom. The smallest absolute Gasteiger partial charge is 0.243 e. The highest BCUT2D eigenvalue weighted by Crippen LogP contribution is 2.22. The van der Waals surface area contributed by atoms with Crippen molar-refractivity contribution >= 4 is 23.4 Å². The number of carbonyl (C=O) groups is 3. The van der Waals surface area contributed by atoms with Gasteiger partial charge in [0.15, 0.2) is 0 Å². The molecule has 2 N–H and O–H groups in total. The number of methoxy groups -OCH3 is 2. The molecule has 8 nitrogen and oxygen atoms in total. The zero-order valence-electron chi connectivity index (χ0n) is 18.8. The van der Waals surface area contributed by atoms with Crippen LogP contribution in [0.3, 0.4) is 0 Å². The lowest BCUT2D eigenvalue weighted by Gasteiger charge is -2.26. The van der Waals surface area contributed by atoms with E-state index in [1.807, 2.05) is 37.3 Å². The Bertz CT molecular complexity index is 871. The van der Waals surface area contributed by atoms with E-state index in [4.69, 9.17) is 9.47 Å². The number of nitrogens with one attached hydrogen (secondary N) is 2. The molecule has 2 aromatic carbocycles. The Balaban J connectivity index is 1.93. The molecule has 0 aliphatic rings. The molecule has 0 bridgehead atoms. The van der Waals surface area contributed by atoms with Crippen LogP contribution in [0.15, 0.2) is 54.6 Å². The van der Waals surface area contributed by atoms with Crippen LogP contribution in [-0.4, -0.2) is 63.1 Å². The van der Waals surface area contributed by atoms with E-state index in [9.17, 15) is 14.4 Å². The molecule has 32 heavy (non-hydrogen) atoms. The number of hydrogen-bond acceptors (Lipinski definition) is 5. The molecular weight excluding hydrogens is 410 g/mol. The predicted octanol–water partition coefficient (Wildman–Crippen LogP) is 2.42. The lowest BCUT2D eigenvalue weighted by atomic mass is 9.95. The molecule has 172 valence electrons. The van der Waals surface area contributed by atoms with Gasteiger partial charge in [-0.25, -0.2) is 0 Å². The van der Waals surface area contributed by atoms with Crippen LogP contribution in [-0.2, 0) is 19.1 Å². The standard InChI is InChI=1S/C24H31N3O5/c1-4-21(18-8-6-5-7-9-18)24(30)27(14-15-31-2)17-23(29)25-16-22(28)26-19-10-12-20(32-3)13-11-19/h5-13,21H,4,14-17H2,1-3H3,(H,25,29)(H,26,28). The number of ether oxygens (including phenoxy) is 2. The van der Waals surface area contributed by atoms with Crippen LogP contribution in [0.4, 0.5) is 5.69 Å². The number of rotatable bonds is 12. The van der Waals surface area contributed by atoms with Crippen molar-refractivity contribution in [3.8, 4) is 5.75 Å². The zero-order chi connectivity index (χ0) is 23.3. The highest BCUT2D eigenvalue weighted by atomic mass is 16.5. The summed E-state index contributed by atoms with van der Waals surface area (Å²) in [5, 5.41) is 5.27. The Labute approximate surface area is 188 Å². The van der Waals surface area contributed by atoms with Crippen molar-refractivity contribution in [1.29, 1.82) is 0 Å². The Morgan fingerprint density at radius 2 is 1.66 bits per heavy atom. The molecule has 2 aromatic rings. The van der Waals surface area contributed by atoms with Crippen molar-refractivity contribution < 1.29 is 23.9 Å². The maximum atomic E-state index is 13.1. The average Bonchev–Trinajstić information content (AvgIpc) is 2.82. The summed E-state index contributed by atoms with van der Waals surface area (Å²) in [6.07, 6.45) is 0.609. The molecule has 0 saturated heterocycles. The molecule has 1 atom stereocenters. The summed E-state index contributed by atoms with van der Waals surface area (Å²) < 4.78 is 10.2. The monoisotopic (exact) mass is 441 g/mol. The fraction of sp³-hybridized carbons (Fsp3) is 0.375. The van der Waals surface area contributed by atoms with Crippen LogP contribution in [0.2, 0.25) is 0 Å². The van der Waals surface area contributed by atoms with Gasteiger partial charge in [-0.15, -0.1) is 0 Å². The molecule has 0 spiro atoms. The summed E-state index contributed by atoms with van der Waals surface area (Å²) in [6.45, 7) is 2.17. The minimum atomic E-state index is -0.415. The third kappa shape index (κ3) is 7.70. The molecule has 0 aliphatic carbocycles. The summed E-state index contributed by atoms with van der Waals surface area (Å²) in [6, 6.07) is 16.4. The van der Waals surface area contributed by atoms with E-state index in [2.05, 4.69) is 10.6 Å². The summed E-state index contributed by atoms with van der Waals surface area (Å²) in [7, 11) is 3.10. The highest BCUT2D eigenvalue weighted by molar-refractivity contribution is 5.95. The first-order chi connectivity index (χ1) is 15.5. The number of amides is 3. The van der Waals surface area contributed by atoms with Crippen molar-refractivity contribution in [1.82, 2.24) is 10.2 Å². The lowest BCUT2D eigenvalue weighted by Crippen LogP contribution is -2.45. The van der Waals surface area contributed by atoms with Crippen molar-refractivity contribution in [3.63, 3.8) is 0 Å². The Hall–Kier alpha value is -3.39. The van der Waals surface area contributed by atoms with E-state index in [1.54, 1.807) is 38.5 Å². The molecule has 1 unspecified atom stereocenters. The van der Waals surface area contributed by atoms with Gasteiger partial charge in [-0.3, -0.25) is 14.4 Å². The lowest BCUT2D eigenvalue weighted by molar-refractivity contribution is -0.138. The van der Waals surface area contributed by atoms with Gasteiger partial charge in [0.25, 0.3) is 0 Å². The van der Waals surface area contributed by atoms with Gasteiger partial charge in [0, 0.05) is 19.3 Å². The number of hydrogen-bond donors (Lipinski definition) is 2. The number of anilines is 1. The maximum absolute atomic E-state index is 13.1. The largest absolute Gasteiger partial charge is 0.497 e. The first kappa shape index (κ1) is 24.9. The summed E-state index contributed by atoms with van der Waals surface area (Å²) in [5.74, 6) is -0.595. The normalized spacial score (nSPS) is 11.3. The maximum Gasteiger partial charge on any atom is 0.243 e. The molecule has 0 radical (unpaired) electrons. The SMILES string of the molecule is CCC(C(=O)N(CCOC)CC(=O)NCC(=O)Nc1ccc(OC)cc1)c1ccccc1. The van der Waals surface area contributed by atoms with Crippen LogP contribution in [0.1, 0.15) is 24.8 Å². The third-order valence-corrected chi connectivity index (χ3v) is 4.94. The van der Waals surface area contributed by atoms with Gasteiger partial charge in [0.2, 0.25) is 17.7 Å². The Kier molecular flexibility index (Phi) is 10.2. The molecular formula is C24H31N3O5. The van der Waals surface area contributed by atoms with E-state index in [1.165, 1.54) is 4.90 Å². The van der Waals surface area contributed by atoms with E-state index in [0.29, 0.717) is 24.5 Å². The minimum absolute atomic E-state index is 0.145. The summed E-state index contributed by atoms with van der Waals surface area (Å²) >= 11 is 0. The van der Waals surface area contributed by atoms with Gasteiger partial charge < -0.3 is 25.0 Å². The van der Waals surface area contributed by atoms with Crippen molar-refractivity contribution in [2.45, 2.75) is 19.3 Å². The molecule has 0 saturated carbocycles. The molecule has 8 heteroatoms. The fourth-order valence-corrected chi connectivity index (χ4v) is 3.21. The Morgan fingerprint density at radius 1 is 0.969 bits per heavy atom. The second-order valence-electron chi connectivity index (χ2n) is 7.18. The molecule has 2 rings (SSSR count). The highest BCUT2D eigenvalue weighted by Gasteiger charge is 2.26. The van der Waals surface area contributed by atoms with Crippen molar-refractivity contribution in [3.05, 3.63) is 60.2 Å². The molecule has 0 fully saturated rings. The van der Waals surface area contributed by atoms with Gasteiger partial charge >= 0.3 is 0 Å². The van der Waals surface area contributed by atoms with E-state index < -0.39 is 5.91 Å². The van der Waals surface area contributed by atoms with Crippen LogP contribution < -0.4 is 15.4 Å². The van der Waals surface area contributed by atoms with Crippen molar-refractivity contribution in [2.75, 3.05) is 45.8 Å². The fourth-order valence-electron chi connectivity index (χ4n) is 3.21. The average molecular weight is 442 g/mol. The first-order valence-corrected chi connectivity index (χ1v) is 10.5. The van der Waals surface area contributed by atoms with Gasteiger partial charge in [0.1, 0.15) is 5.75 Å². The van der Waals surface area contributed by atoms with E-state index >= 15 is 0 Å². The molecule has 0 aliphatic heterocycles. The molecule has 0 aromatic heterocycles. The number of benzene rings is 2. The van der Waals surface area contributed by atoms with Crippen LogP contribution in [0, 0.1) is 0 Å². The summed E-state index contributed by atoms with van der Waals surface area (Å²) in [5.41, 5.74) is 1.50. The number of carbonyl (C=O) groups excluding carboxylic acids is 3. The van der Waals surface area contributed by atoms with Gasteiger partial charge in [-0.1, -0.05) is 37.3 Å². The third-order valence-electron chi connectivity index (χ3n) is 4.94. The quantitative estimate of drug-likeness (QED) is 0.527. The van der Waals surface area contributed by atoms with E-state index in [-0.39, 0.29) is 37.4 Å². The topological polar surface area (TPSA) is 97.0 Å². The molecule has 3 amide bonds. The predicted molar refractivity (Wildman–Crippen MR) is 123 cm³/mol. The minimum Gasteiger partial charge on any atom is -0.497 e. The second kappa shape index (κ2) is 13.1. The van der Waals surface area contributed by atoms with Crippen LogP contribution in [0.25, 0.3) is 0 Å². The van der Waals surface area contributed by atoms with Gasteiger partial charge in [-0.2, -0.15) is 0 Å². The zero-order valence-corrected chi connectivity index (χ0v) is 18.8. The van der Waals surface area contributed by atoms with Gasteiger partial charge in [-0.05, 0) is 36.2 Å². The second-order valence-corrected chi connectivity index (χ2v) is 7.18. The van der Waals surface area contributed by atoms with Gasteiger partial charge in [0.05, 0.1) is 32.7 Å². The van der Waals surface area contributed by atoms with E-state index in [0.717, 1.165) is 5.56 Å². The first-order valence-electron chi connectivity index (χ1n) is 10.5. The summed E-state index contributed by atoms with van der Waals surface area (Å²) in [4.78, 5) is 39.2. The van der Waals surface area contributed by atoms with Crippen molar-refractivity contribution in [2.24, 2.45) is 0 Å². The van der Waals surface area contributed by atoms with Crippen LogP contribution in [0.5, 0.6) is 5.75 Å².